The van der Waals surface area contributed by atoms with E-state index in [2.05, 4.69) is 21.9 Å². The quantitative estimate of drug-likeness (QED) is 0.475. The van der Waals surface area contributed by atoms with E-state index in [1.165, 1.54) is 5.56 Å². The molecule has 3 aliphatic rings. The number of benzene rings is 3. The van der Waals surface area contributed by atoms with Gasteiger partial charge in [0.15, 0.2) is 22.9 Å². The molecule has 2 aliphatic heterocycles. The Kier molecular flexibility index (Phi) is 6.14. The standard InChI is InChI=1S/C31H30N2O4/c1-22-8-7-11-24(18-22)31(29(34)25-12-5-6-13-26(25)30(31)35)33-16-14-32(15-17-33)27(28-20-36-21-37-28)19-23-9-3-2-4-10-23/h2-13,18,20,27H,14-17,19,21H2,1H3. The van der Waals surface area contributed by atoms with E-state index >= 15 is 0 Å². The molecule has 2 heterocycles. The predicted molar refractivity (Wildman–Crippen MR) is 140 cm³/mol. The number of ether oxygens (including phenoxy) is 2. The third-order valence-corrected chi connectivity index (χ3v) is 7.83. The number of nitrogens with zero attached hydrogens (tertiary/aromatic N) is 2. The van der Waals surface area contributed by atoms with Crippen LogP contribution in [0.1, 0.15) is 37.4 Å². The molecule has 0 aromatic heterocycles. The van der Waals surface area contributed by atoms with E-state index in [0.717, 1.165) is 23.3 Å². The predicted octanol–water partition coefficient (Wildman–Crippen LogP) is 4.34. The largest absolute Gasteiger partial charge is 0.462 e. The molecule has 0 radical (unpaired) electrons. The van der Waals surface area contributed by atoms with E-state index in [0.29, 0.717) is 37.3 Å². The van der Waals surface area contributed by atoms with Gasteiger partial charge in [-0.25, -0.2) is 0 Å². The van der Waals surface area contributed by atoms with Crippen molar-refractivity contribution in [3.63, 3.8) is 0 Å². The smallest absolute Gasteiger partial charge is 0.229 e. The van der Waals surface area contributed by atoms with E-state index in [-0.39, 0.29) is 24.4 Å². The van der Waals surface area contributed by atoms with E-state index in [1.807, 2.05) is 61.5 Å². The zero-order valence-electron chi connectivity index (χ0n) is 20.9. The van der Waals surface area contributed by atoms with E-state index < -0.39 is 5.54 Å². The maximum Gasteiger partial charge on any atom is 0.229 e. The number of Topliss-reactive ketones (excluding diaryl/α,β-unsaturated/α-hetero) is 2. The number of carbonyl (C=O) groups is 2. The molecule has 1 unspecified atom stereocenters. The van der Waals surface area contributed by atoms with Gasteiger partial charge in [0.1, 0.15) is 6.26 Å². The lowest BCUT2D eigenvalue weighted by Crippen LogP contribution is -2.61. The number of carbonyl (C=O) groups excluding carboxylic acids is 2. The van der Waals surface area contributed by atoms with Crippen LogP contribution in [0.25, 0.3) is 0 Å². The molecule has 0 N–H and O–H groups in total. The van der Waals surface area contributed by atoms with Crippen molar-refractivity contribution in [2.75, 3.05) is 33.0 Å². The van der Waals surface area contributed by atoms with Crippen molar-refractivity contribution in [1.82, 2.24) is 9.80 Å². The monoisotopic (exact) mass is 494 g/mol. The van der Waals surface area contributed by atoms with Gasteiger partial charge in [0.2, 0.25) is 6.79 Å². The molecule has 188 valence electrons. The molecule has 0 bridgehead atoms. The van der Waals surface area contributed by atoms with E-state index in [9.17, 15) is 9.59 Å². The van der Waals surface area contributed by atoms with Gasteiger partial charge in [-0.3, -0.25) is 19.4 Å². The van der Waals surface area contributed by atoms with Crippen LogP contribution in [0.5, 0.6) is 0 Å². The summed E-state index contributed by atoms with van der Waals surface area (Å²) >= 11 is 0. The normalized spacial score (nSPS) is 20.2. The van der Waals surface area contributed by atoms with Crippen molar-refractivity contribution in [2.45, 2.75) is 24.9 Å². The Balaban J connectivity index is 1.32. The van der Waals surface area contributed by atoms with E-state index in [4.69, 9.17) is 9.47 Å². The van der Waals surface area contributed by atoms with Gasteiger partial charge in [-0.15, -0.1) is 0 Å². The second-order valence-electron chi connectivity index (χ2n) is 9.96. The molecular weight excluding hydrogens is 464 g/mol. The second kappa shape index (κ2) is 9.61. The first kappa shape index (κ1) is 23.6. The molecule has 1 saturated heterocycles. The molecule has 6 rings (SSSR count). The van der Waals surface area contributed by atoms with Crippen molar-refractivity contribution in [3.05, 3.63) is 119 Å². The summed E-state index contributed by atoms with van der Waals surface area (Å²) in [6.07, 6.45) is 2.51. The highest BCUT2D eigenvalue weighted by atomic mass is 16.7. The van der Waals surface area contributed by atoms with Gasteiger partial charge < -0.3 is 9.47 Å². The van der Waals surface area contributed by atoms with Crippen LogP contribution in [-0.2, 0) is 21.4 Å². The van der Waals surface area contributed by atoms with Crippen LogP contribution in [0, 0.1) is 6.92 Å². The molecule has 0 spiro atoms. The van der Waals surface area contributed by atoms with Crippen LogP contribution in [0.3, 0.4) is 0 Å². The molecule has 6 nitrogen and oxygen atoms in total. The van der Waals surface area contributed by atoms with Crippen LogP contribution < -0.4 is 0 Å². The van der Waals surface area contributed by atoms with Crippen molar-refractivity contribution < 1.29 is 19.1 Å². The number of rotatable bonds is 6. The Morgan fingerprint density at radius 1 is 0.838 bits per heavy atom. The number of aryl methyl sites for hydroxylation is 1. The number of ketones is 2. The number of fused-ring (bicyclic) bond motifs is 1. The fourth-order valence-electron chi connectivity index (χ4n) is 6.02. The van der Waals surface area contributed by atoms with Gasteiger partial charge in [0.25, 0.3) is 0 Å². The van der Waals surface area contributed by atoms with Crippen LogP contribution in [-0.4, -0.2) is 60.4 Å². The summed E-state index contributed by atoms with van der Waals surface area (Å²) in [4.78, 5) is 32.6. The molecule has 37 heavy (non-hydrogen) atoms. The number of hydrogen-bond donors (Lipinski definition) is 0. The summed E-state index contributed by atoms with van der Waals surface area (Å²) in [7, 11) is 0. The number of hydrogen-bond acceptors (Lipinski definition) is 6. The number of piperazine rings is 1. The second-order valence-corrected chi connectivity index (χ2v) is 9.96. The van der Waals surface area contributed by atoms with Gasteiger partial charge in [0, 0.05) is 37.3 Å². The lowest BCUT2D eigenvalue weighted by molar-refractivity contribution is 0.0137. The third-order valence-electron chi connectivity index (χ3n) is 7.83. The molecule has 6 heteroatoms. The minimum atomic E-state index is -1.33. The molecule has 0 amide bonds. The highest BCUT2D eigenvalue weighted by Gasteiger charge is 2.58. The molecule has 3 aromatic rings. The average molecular weight is 495 g/mol. The Labute approximate surface area is 217 Å². The van der Waals surface area contributed by atoms with Gasteiger partial charge >= 0.3 is 0 Å². The summed E-state index contributed by atoms with van der Waals surface area (Å²) in [6, 6.07) is 25.5. The SMILES string of the molecule is Cc1cccc(C2(N3CCN(C(Cc4ccccc4)C4=COCO4)CC3)C(=O)c3ccccc3C2=O)c1. The molecule has 1 aliphatic carbocycles. The van der Waals surface area contributed by atoms with Crippen molar-refractivity contribution >= 4 is 11.6 Å². The summed E-state index contributed by atoms with van der Waals surface area (Å²) in [6.45, 7) is 4.79. The van der Waals surface area contributed by atoms with Crippen molar-refractivity contribution in [2.24, 2.45) is 0 Å². The first-order valence-electron chi connectivity index (χ1n) is 12.8. The van der Waals surface area contributed by atoms with E-state index in [1.54, 1.807) is 18.4 Å². The first-order valence-corrected chi connectivity index (χ1v) is 12.8. The lowest BCUT2D eigenvalue weighted by Gasteiger charge is -2.45. The molecule has 1 fully saturated rings. The zero-order chi connectivity index (χ0) is 25.4. The lowest BCUT2D eigenvalue weighted by atomic mass is 9.81. The summed E-state index contributed by atoms with van der Waals surface area (Å²) < 4.78 is 11.2. The highest BCUT2D eigenvalue weighted by molar-refractivity contribution is 6.32. The van der Waals surface area contributed by atoms with Crippen molar-refractivity contribution in [3.8, 4) is 0 Å². The Hall–Kier alpha value is -3.74. The molecule has 0 saturated carbocycles. The maximum absolute atomic E-state index is 14.1. The van der Waals surface area contributed by atoms with Crippen molar-refractivity contribution in [1.29, 1.82) is 0 Å². The van der Waals surface area contributed by atoms with Crippen LogP contribution in [0.2, 0.25) is 0 Å². The fraction of sp³-hybridized carbons (Fsp3) is 0.290. The molecule has 1 atom stereocenters. The molecule has 3 aromatic carbocycles. The first-order chi connectivity index (χ1) is 18.1. The summed E-state index contributed by atoms with van der Waals surface area (Å²) in [5.41, 5.74) is 2.70. The minimum absolute atomic E-state index is 0.0224. The van der Waals surface area contributed by atoms with Crippen LogP contribution in [0.15, 0.2) is 90.9 Å². The average Bonchev–Trinajstić information content (AvgIpc) is 3.55. The topological polar surface area (TPSA) is 59.1 Å². The fourth-order valence-corrected chi connectivity index (χ4v) is 6.02. The van der Waals surface area contributed by atoms with Gasteiger partial charge in [0.05, 0.1) is 6.04 Å². The third kappa shape index (κ3) is 3.97. The molecular formula is C31H30N2O4. The minimum Gasteiger partial charge on any atom is -0.462 e. The van der Waals surface area contributed by atoms with Gasteiger partial charge in [-0.2, -0.15) is 0 Å². The Morgan fingerprint density at radius 2 is 1.51 bits per heavy atom. The van der Waals surface area contributed by atoms with Gasteiger partial charge in [-0.05, 0) is 24.5 Å². The Bertz CT molecular complexity index is 1320. The summed E-state index contributed by atoms with van der Waals surface area (Å²) in [5.74, 6) is 0.581. The van der Waals surface area contributed by atoms with Crippen LogP contribution in [0.4, 0.5) is 0 Å². The highest BCUT2D eigenvalue weighted by Crippen LogP contribution is 2.43. The maximum atomic E-state index is 14.1. The van der Waals surface area contributed by atoms with Gasteiger partial charge in [-0.1, -0.05) is 84.4 Å². The summed E-state index contributed by atoms with van der Waals surface area (Å²) in [5, 5.41) is 0. The van der Waals surface area contributed by atoms with Crippen LogP contribution >= 0.6 is 0 Å². The zero-order valence-corrected chi connectivity index (χ0v) is 20.9. The Morgan fingerprint density at radius 3 is 2.14 bits per heavy atom.